The van der Waals surface area contributed by atoms with Crippen molar-refractivity contribution in [3.63, 3.8) is 0 Å². The van der Waals surface area contributed by atoms with E-state index < -0.39 is 0 Å². The molecule has 0 bridgehead atoms. The van der Waals surface area contributed by atoms with Crippen LogP contribution >= 0.6 is 0 Å². The second-order valence-electron chi connectivity index (χ2n) is 5.08. The Hall–Kier alpha value is -1.95. The largest absolute Gasteiger partial charge is 0.346 e. The maximum absolute atomic E-state index is 13.2. The number of nitrogens with two attached hydrogens (primary N) is 1. The molecule has 0 aliphatic carbocycles. The average molecular weight is 276 g/mol. The summed E-state index contributed by atoms with van der Waals surface area (Å²) in [6.07, 6.45) is 2.93. The number of hydrogen-bond donors (Lipinski definition) is 1. The predicted molar refractivity (Wildman–Crippen MR) is 72.8 cm³/mol. The van der Waals surface area contributed by atoms with Crippen molar-refractivity contribution >= 4 is 0 Å². The minimum Gasteiger partial charge on any atom is -0.326 e. The smallest absolute Gasteiger partial charge is 0.326 e. The first-order valence-corrected chi connectivity index (χ1v) is 6.83. The van der Waals surface area contributed by atoms with Crippen molar-refractivity contribution in [3.8, 4) is 0 Å². The van der Waals surface area contributed by atoms with E-state index in [4.69, 9.17) is 5.73 Å². The third-order valence-corrected chi connectivity index (χ3v) is 3.74. The summed E-state index contributed by atoms with van der Waals surface area (Å²) in [5, 5.41) is 4.38. The summed E-state index contributed by atoms with van der Waals surface area (Å²) in [5.41, 5.74) is 7.09. The average Bonchev–Trinajstić information content (AvgIpc) is 2.78. The molecule has 0 amide bonds. The van der Waals surface area contributed by atoms with E-state index in [0.717, 1.165) is 37.2 Å². The minimum absolute atomic E-state index is 0.0907. The van der Waals surface area contributed by atoms with E-state index in [1.54, 1.807) is 10.6 Å². The fourth-order valence-corrected chi connectivity index (χ4v) is 2.65. The van der Waals surface area contributed by atoms with Gasteiger partial charge in [0, 0.05) is 19.5 Å². The van der Waals surface area contributed by atoms with Crippen LogP contribution in [0.2, 0.25) is 0 Å². The highest BCUT2D eigenvalue weighted by atomic mass is 19.1. The molecule has 0 radical (unpaired) electrons. The molecule has 0 fully saturated rings. The lowest BCUT2D eigenvalue weighted by atomic mass is 10.1. The molecule has 0 unspecified atom stereocenters. The zero-order valence-corrected chi connectivity index (χ0v) is 11.2. The molecule has 1 aromatic heterocycles. The van der Waals surface area contributed by atoms with Gasteiger partial charge < -0.3 is 5.73 Å². The van der Waals surface area contributed by atoms with E-state index >= 15 is 0 Å². The molecule has 2 N–H and O–H groups in total. The van der Waals surface area contributed by atoms with Crippen molar-refractivity contribution in [2.45, 2.75) is 38.9 Å². The summed E-state index contributed by atoms with van der Waals surface area (Å²) in [6.45, 7) is 1.32. The number of benzene rings is 1. The van der Waals surface area contributed by atoms with Gasteiger partial charge in [-0.3, -0.25) is 4.57 Å². The number of rotatable bonds is 3. The van der Waals surface area contributed by atoms with Gasteiger partial charge in [0.05, 0.1) is 6.54 Å². The van der Waals surface area contributed by atoms with E-state index in [9.17, 15) is 9.18 Å². The molecule has 106 valence electrons. The Kier molecular flexibility index (Phi) is 3.40. The van der Waals surface area contributed by atoms with Gasteiger partial charge in [-0.05, 0) is 36.1 Å². The number of aromatic nitrogens is 3. The summed E-state index contributed by atoms with van der Waals surface area (Å²) >= 11 is 0. The first-order chi connectivity index (χ1) is 9.69. The van der Waals surface area contributed by atoms with E-state index in [1.165, 1.54) is 16.8 Å². The lowest BCUT2D eigenvalue weighted by molar-refractivity contribution is 0.511. The predicted octanol–water partition coefficient (Wildman–Crippen LogP) is 1.03. The molecule has 1 aromatic carbocycles. The number of aryl methyl sites for hydroxylation is 1. The van der Waals surface area contributed by atoms with Crippen molar-refractivity contribution in [2.75, 3.05) is 0 Å². The van der Waals surface area contributed by atoms with Crippen LogP contribution in [0.1, 0.15) is 29.8 Å². The minimum atomic E-state index is -0.314. The van der Waals surface area contributed by atoms with Crippen LogP contribution in [0.5, 0.6) is 0 Å². The summed E-state index contributed by atoms with van der Waals surface area (Å²) in [5.74, 6) is 0.531. The molecule has 0 saturated heterocycles. The highest BCUT2D eigenvalue weighted by Crippen LogP contribution is 2.13. The van der Waals surface area contributed by atoms with Crippen LogP contribution in [0.15, 0.2) is 23.0 Å². The summed E-state index contributed by atoms with van der Waals surface area (Å²) in [4.78, 5) is 12.2. The summed E-state index contributed by atoms with van der Waals surface area (Å²) < 4.78 is 16.4. The van der Waals surface area contributed by atoms with E-state index in [0.29, 0.717) is 12.1 Å². The van der Waals surface area contributed by atoms with Crippen LogP contribution in [-0.2, 0) is 26.1 Å². The third kappa shape index (κ3) is 2.27. The van der Waals surface area contributed by atoms with Gasteiger partial charge in [0.25, 0.3) is 0 Å². The lowest BCUT2D eigenvalue weighted by Gasteiger charge is -2.09. The van der Waals surface area contributed by atoms with Gasteiger partial charge in [-0.15, -0.1) is 0 Å². The van der Waals surface area contributed by atoms with Gasteiger partial charge in [0.15, 0.2) is 0 Å². The quantitative estimate of drug-likeness (QED) is 0.910. The van der Waals surface area contributed by atoms with Crippen molar-refractivity contribution in [1.29, 1.82) is 0 Å². The van der Waals surface area contributed by atoms with Crippen LogP contribution in [-0.4, -0.2) is 14.3 Å². The van der Waals surface area contributed by atoms with Crippen molar-refractivity contribution in [1.82, 2.24) is 14.3 Å². The number of halogens is 1. The second kappa shape index (κ2) is 5.20. The fraction of sp³-hybridized carbons (Fsp3) is 0.429. The van der Waals surface area contributed by atoms with E-state index in [1.807, 2.05) is 0 Å². The fourth-order valence-electron chi connectivity index (χ4n) is 2.65. The Bertz CT molecular complexity index is 689. The monoisotopic (exact) mass is 276 g/mol. The number of fused-ring (bicyclic) bond motifs is 1. The zero-order chi connectivity index (χ0) is 14.1. The zero-order valence-electron chi connectivity index (χ0n) is 11.2. The van der Waals surface area contributed by atoms with Gasteiger partial charge >= 0.3 is 5.69 Å². The molecule has 20 heavy (non-hydrogen) atoms. The first kappa shape index (κ1) is 13.1. The highest BCUT2D eigenvalue weighted by Gasteiger charge is 2.17. The maximum atomic E-state index is 13.2. The molecule has 0 atom stereocenters. The Morgan fingerprint density at radius 2 is 2.15 bits per heavy atom. The normalized spacial score (nSPS) is 14.3. The molecule has 1 aliphatic rings. The van der Waals surface area contributed by atoms with Crippen molar-refractivity contribution in [3.05, 3.63) is 51.5 Å². The van der Waals surface area contributed by atoms with Gasteiger partial charge in [-0.1, -0.05) is 6.07 Å². The standard InChI is InChI=1S/C14H17FN4O/c15-12-5-4-10(11(7-12)8-16)9-19-14(20)18-6-2-1-3-13(18)17-19/h4-5,7H,1-3,6,8-9,16H2. The topological polar surface area (TPSA) is 65.8 Å². The third-order valence-electron chi connectivity index (χ3n) is 3.74. The molecule has 0 spiro atoms. The summed E-state index contributed by atoms with van der Waals surface area (Å²) in [7, 11) is 0. The van der Waals surface area contributed by atoms with Crippen LogP contribution in [0, 0.1) is 5.82 Å². The Morgan fingerprint density at radius 3 is 2.90 bits per heavy atom. The van der Waals surface area contributed by atoms with E-state index in [-0.39, 0.29) is 18.1 Å². The number of hydrogen-bond acceptors (Lipinski definition) is 3. The maximum Gasteiger partial charge on any atom is 0.346 e. The SMILES string of the molecule is NCc1cc(F)ccc1Cn1nc2n(c1=O)CCCC2. The van der Waals surface area contributed by atoms with Gasteiger partial charge in [0.1, 0.15) is 11.6 Å². The van der Waals surface area contributed by atoms with Gasteiger partial charge in [0.2, 0.25) is 0 Å². The molecule has 0 saturated carbocycles. The van der Waals surface area contributed by atoms with Gasteiger partial charge in [-0.2, -0.15) is 5.10 Å². The molecule has 5 nitrogen and oxygen atoms in total. The number of nitrogens with zero attached hydrogens (tertiary/aromatic N) is 3. The molecule has 2 aromatic rings. The Labute approximate surface area is 115 Å². The van der Waals surface area contributed by atoms with Crippen LogP contribution in [0.3, 0.4) is 0 Å². The molecular weight excluding hydrogens is 259 g/mol. The van der Waals surface area contributed by atoms with Crippen LogP contribution in [0.4, 0.5) is 4.39 Å². The molecular formula is C14H17FN4O. The van der Waals surface area contributed by atoms with Crippen LogP contribution in [0.25, 0.3) is 0 Å². The van der Waals surface area contributed by atoms with Crippen LogP contribution < -0.4 is 11.4 Å². The molecule has 3 rings (SSSR count). The van der Waals surface area contributed by atoms with Gasteiger partial charge in [-0.25, -0.2) is 13.9 Å². The second-order valence-corrected chi connectivity index (χ2v) is 5.08. The lowest BCUT2D eigenvalue weighted by Crippen LogP contribution is -2.27. The summed E-state index contributed by atoms with van der Waals surface area (Å²) in [6, 6.07) is 4.47. The Morgan fingerprint density at radius 1 is 1.30 bits per heavy atom. The van der Waals surface area contributed by atoms with Crippen molar-refractivity contribution < 1.29 is 4.39 Å². The molecule has 2 heterocycles. The Balaban J connectivity index is 1.96. The molecule has 1 aliphatic heterocycles. The first-order valence-electron chi connectivity index (χ1n) is 6.83. The highest BCUT2D eigenvalue weighted by molar-refractivity contribution is 5.28. The van der Waals surface area contributed by atoms with Crippen molar-refractivity contribution in [2.24, 2.45) is 5.73 Å². The molecule has 6 heteroatoms. The van der Waals surface area contributed by atoms with E-state index in [2.05, 4.69) is 5.10 Å².